The number of carbonyl (C=O) groups is 2. The van der Waals surface area contributed by atoms with Gasteiger partial charge >= 0.3 is 350 Å². The van der Waals surface area contributed by atoms with Crippen LogP contribution in [0.3, 0.4) is 0 Å². The van der Waals surface area contributed by atoms with Gasteiger partial charge in [-0.2, -0.15) is 0 Å². The fraction of sp³-hybridized carbons (Fsp3) is 0.760. The van der Waals surface area contributed by atoms with E-state index in [1.54, 1.807) is 0 Å². The Morgan fingerprint density at radius 2 is 0.724 bits per heavy atom. The van der Waals surface area contributed by atoms with E-state index in [-0.39, 0.29) is 11.8 Å². The van der Waals surface area contributed by atoms with Crippen molar-refractivity contribution in [3.05, 3.63) is 21.9 Å². The summed E-state index contributed by atoms with van der Waals surface area (Å²) in [6.07, 6.45) is 30.6. The van der Waals surface area contributed by atoms with E-state index in [1.165, 1.54) is 160 Å². The van der Waals surface area contributed by atoms with Gasteiger partial charge < -0.3 is 0 Å². The molecular weight excluding hydrogens is 962 g/mol. The molecule has 0 fully saturated rings. The van der Waals surface area contributed by atoms with Gasteiger partial charge in [-0.3, -0.25) is 0 Å². The Hall–Kier alpha value is -0.323. The molecule has 0 spiro atoms. The molecular formula is C50H86N2O2S2Sn2. The van der Waals surface area contributed by atoms with E-state index in [9.17, 15) is 0 Å². The van der Waals surface area contributed by atoms with Gasteiger partial charge in [-0.25, -0.2) is 0 Å². The molecule has 2 aromatic heterocycles. The number of fused-ring (bicyclic) bond motifs is 2. The SMILES string of the molecule is CCCCCCCCC(CCCCCC)CN1C(=O)/C(=C2/C(=O)N(CC(CCCCCC)CCCCCCCC)c3c[c]([Sn]([CH3])([CH3])[CH3])sc32)c2s[c]([Sn]([CH3])([CH3])[CH3])cc21. The summed E-state index contributed by atoms with van der Waals surface area (Å²) in [7, 11) is 0. The summed E-state index contributed by atoms with van der Waals surface area (Å²) in [6, 6.07) is 4.83. The second-order valence-electron chi connectivity index (χ2n) is 20.3. The molecule has 2 amide bonds. The molecule has 4 heterocycles. The summed E-state index contributed by atoms with van der Waals surface area (Å²) in [4.78, 5) is 52.0. The molecule has 2 aliphatic rings. The summed E-state index contributed by atoms with van der Waals surface area (Å²) in [5.74, 6) is 1.20. The van der Waals surface area contributed by atoms with Crippen LogP contribution >= 0.6 is 22.7 Å². The van der Waals surface area contributed by atoms with Gasteiger partial charge in [-0.05, 0) is 0 Å². The number of unbranched alkanes of at least 4 members (excludes halogenated alkanes) is 16. The monoisotopic (exact) mass is 1050 g/mol. The molecule has 0 N–H and O–H groups in total. The molecule has 2 aliphatic heterocycles. The van der Waals surface area contributed by atoms with Crippen LogP contribution in [-0.2, 0) is 9.59 Å². The maximum absolute atomic E-state index is 15.2. The van der Waals surface area contributed by atoms with Crippen molar-refractivity contribution in [1.29, 1.82) is 0 Å². The zero-order valence-corrected chi connectivity index (χ0v) is 46.6. The van der Waals surface area contributed by atoms with Crippen molar-refractivity contribution in [2.75, 3.05) is 22.9 Å². The number of nitrogens with zero attached hydrogens (tertiary/aromatic N) is 2. The molecule has 0 aromatic carbocycles. The third-order valence-corrected chi connectivity index (χ3v) is 34.0. The summed E-state index contributed by atoms with van der Waals surface area (Å²) < 4.78 is 3.02. The molecule has 0 aliphatic carbocycles. The number of carbonyl (C=O) groups excluding carboxylic acids is 2. The van der Waals surface area contributed by atoms with Crippen molar-refractivity contribution in [1.82, 2.24) is 0 Å². The molecule has 0 bridgehead atoms. The second-order valence-corrected chi connectivity index (χ2v) is 53.2. The van der Waals surface area contributed by atoms with E-state index >= 15 is 9.59 Å². The first-order chi connectivity index (χ1) is 27.8. The van der Waals surface area contributed by atoms with Crippen molar-refractivity contribution in [2.45, 2.75) is 211 Å². The average molecular weight is 1050 g/mol. The first kappa shape index (κ1) is 50.3. The van der Waals surface area contributed by atoms with Gasteiger partial charge in [0.05, 0.1) is 0 Å². The first-order valence-corrected chi connectivity index (χ1v) is 46.0. The zero-order valence-electron chi connectivity index (χ0n) is 39.2. The van der Waals surface area contributed by atoms with Gasteiger partial charge in [-0.1, -0.05) is 26.7 Å². The quantitative estimate of drug-likeness (QED) is 0.0444. The molecule has 4 nitrogen and oxygen atoms in total. The van der Waals surface area contributed by atoms with Gasteiger partial charge in [0.25, 0.3) is 0 Å². The number of hydrogen-bond acceptors (Lipinski definition) is 4. The van der Waals surface area contributed by atoms with E-state index in [0.717, 1.165) is 45.4 Å². The number of anilines is 2. The molecule has 58 heavy (non-hydrogen) atoms. The summed E-state index contributed by atoms with van der Waals surface area (Å²) in [6.45, 7) is 10.8. The maximum atomic E-state index is 15.2. The summed E-state index contributed by atoms with van der Waals surface area (Å²) >= 11 is -1.27. The zero-order chi connectivity index (χ0) is 42.3. The van der Waals surface area contributed by atoms with Crippen LogP contribution in [0.15, 0.2) is 12.1 Å². The standard InChI is InChI=1S/C44H68N2O2S2.6CH3.2Sn/c1-5-9-13-17-19-23-27-35(25-21-15-11-7-3)33-45-37-29-31-49-41(37)39(43(45)47)40-42-38(30-32-50-42)46(44(40)48)34-36(26-22-16-12-8-4)28-24-20-18-14-10-6-2;;;;;;;;/h29-30,35-36H,5-28,33-34H2,1-4H3;6*1H3;;/b40-39+;;;;;;;;. The number of hydrogen-bond donors (Lipinski definition) is 0. The first-order valence-electron chi connectivity index (χ1n) is 24.4. The Kier molecular flexibility index (Phi) is 21.8. The van der Waals surface area contributed by atoms with Crippen LogP contribution in [0.25, 0.3) is 11.1 Å². The van der Waals surface area contributed by atoms with Crippen LogP contribution < -0.4 is 15.6 Å². The van der Waals surface area contributed by atoms with E-state index < -0.39 is 36.8 Å². The summed E-state index contributed by atoms with van der Waals surface area (Å²) in [5, 5.41) is 0. The molecule has 0 saturated heterocycles. The molecule has 328 valence electrons. The van der Waals surface area contributed by atoms with Crippen LogP contribution in [0.2, 0.25) is 29.6 Å². The molecule has 0 radical (unpaired) electrons. The Morgan fingerprint density at radius 3 is 1.02 bits per heavy atom. The van der Waals surface area contributed by atoms with E-state index in [4.69, 9.17) is 0 Å². The van der Waals surface area contributed by atoms with Crippen molar-refractivity contribution in [2.24, 2.45) is 11.8 Å². The Labute approximate surface area is 373 Å². The van der Waals surface area contributed by atoms with Gasteiger partial charge in [0.15, 0.2) is 0 Å². The Balaban J connectivity index is 1.73. The van der Waals surface area contributed by atoms with Crippen molar-refractivity contribution < 1.29 is 9.59 Å². The minimum atomic E-state index is -2.50. The van der Waals surface area contributed by atoms with Crippen LogP contribution in [0.5, 0.6) is 0 Å². The fourth-order valence-electron chi connectivity index (χ4n) is 9.06. The normalized spacial score (nSPS) is 16.9. The van der Waals surface area contributed by atoms with E-state index in [1.807, 2.05) is 22.7 Å². The summed E-state index contributed by atoms with van der Waals surface area (Å²) in [5.41, 5.74) is 3.73. The molecule has 2 atom stereocenters. The van der Waals surface area contributed by atoms with Crippen molar-refractivity contribution >= 4 is 99.5 Å². The van der Waals surface area contributed by atoms with Gasteiger partial charge in [0.1, 0.15) is 0 Å². The number of amides is 2. The Bertz CT molecular complexity index is 1480. The van der Waals surface area contributed by atoms with Crippen molar-refractivity contribution in [3.8, 4) is 0 Å². The molecule has 2 unspecified atom stereocenters. The van der Waals surface area contributed by atoms with Gasteiger partial charge in [0.2, 0.25) is 0 Å². The van der Waals surface area contributed by atoms with E-state index in [0.29, 0.717) is 11.8 Å². The number of thiophene rings is 2. The van der Waals surface area contributed by atoms with Crippen LogP contribution in [0.1, 0.15) is 192 Å². The third kappa shape index (κ3) is 14.4. The predicted molar refractivity (Wildman–Crippen MR) is 267 cm³/mol. The molecule has 4 rings (SSSR count). The molecule has 8 heteroatoms. The molecule has 2 aromatic rings. The third-order valence-electron chi connectivity index (χ3n) is 12.9. The van der Waals surface area contributed by atoms with E-state index in [2.05, 4.69) is 79.3 Å². The topological polar surface area (TPSA) is 40.6 Å². The van der Waals surface area contributed by atoms with Gasteiger partial charge in [-0.15, -0.1) is 0 Å². The van der Waals surface area contributed by atoms with Gasteiger partial charge in [0, 0.05) is 0 Å². The van der Waals surface area contributed by atoms with Crippen molar-refractivity contribution in [3.63, 3.8) is 0 Å². The number of rotatable bonds is 30. The van der Waals surface area contributed by atoms with Crippen LogP contribution in [-0.4, -0.2) is 61.7 Å². The minimum absolute atomic E-state index is 0.104. The average Bonchev–Trinajstić information content (AvgIpc) is 3.92. The van der Waals surface area contributed by atoms with Crippen LogP contribution in [0.4, 0.5) is 11.4 Å². The van der Waals surface area contributed by atoms with Crippen LogP contribution in [0, 0.1) is 11.8 Å². The predicted octanol–water partition coefficient (Wildman–Crippen LogP) is 15.2. The molecule has 0 saturated carbocycles. The Morgan fingerprint density at radius 1 is 0.448 bits per heavy atom. The fourth-order valence-corrected chi connectivity index (χ4v) is 21.8. The second kappa shape index (κ2) is 25.1.